The predicted octanol–water partition coefficient (Wildman–Crippen LogP) is 25.6. The number of rotatable bonds is 44. The minimum Gasteiger partial charge on any atom is -0.142 e. The van der Waals surface area contributed by atoms with Crippen molar-refractivity contribution >= 4 is 95.1 Å². The zero-order valence-corrected chi connectivity index (χ0v) is 49.3. The summed E-state index contributed by atoms with van der Waals surface area (Å²) in [6.45, 7) is 9.35. The summed E-state index contributed by atoms with van der Waals surface area (Å²) in [7, 11) is 0. The monoisotopic (exact) mass is 1020 g/mol. The Labute approximate surface area is 447 Å². The molecule has 4 heterocycles. The van der Waals surface area contributed by atoms with Gasteiger partial charge in [0.05, 0.1) is 28.2 Å². The highest BCUT2D eigenvalue weighted by atomic mass is 32.1. The van der Waals surface area contributed by atoms with Crippen LogP contribution in [0.25, 0.3) is 49.7 Å². The Balaban J connectivity index is 1.29. The van der Waals surface area contributed by atoms with Crippen LogP contribution >= 0.6 is 45.3 Å². The Morgan fingerprint density at radius 1 is 0.243 bits per heavy atom. The van der Waals surface area contributed by atoms with Gasteiger partial charge in [-0.15, -0.1) is 45.3 Å². The van der Waals surface area contributed by atoms with Crippen LogP contribution in [0.2, 0.25) is 0 Å². The van der Waals surface area contributed by atoms with E-state index in [-0.39, 0.29) is 0 Å². The molecule has 0 aliphatic carbocycles. The first-order valence-electron chi connectivity index (χ1n) is 30.9. The summed E-state index contributed by atoms with van der Waals surface area (Å²) < 4.78 is 9.79. The molecular weight excluding hydrogens is 921 g/mol. The third-order valence-electron chi connectivity index (χ3n) is 16.4. The number of benzene rings is 2. The Bertz CT molecular complexity index is 2110. The van der Waals surface area contributed by atoms with E-state index in [0.29, 0.717) is 0 Å². The third kappa shape index (κ3) is 17.9. The zero-order valence-electron chi connectivity index (χ0n) is 46.1. The summed E-state index contributed by atoms with van der Waals surface area (Å²) in [5, 5.41) is 11.5. The van der Waals surface area contributed by atoms with E-state index in [1.54, 1.807) is 72.0 Å². The maximum absolute atomic E-state index is 2.54. The first kappa shape index (κ1) is 57.8. The van der Waals surface area contributed by atoms with Crippen molar-refractivity contribution in [1.82, 2.24) is 0 Å². The summed E-state index contributed by atoms with van der Waals surface area (Å²) in [5.41, 5.74) is 7.01. The Kier molecular flexibility index (Phi) is 28.8. The average Bonchev–Trinajstić information content (AvgIpc) is 4.20. The second-order valence-corrected chi connectivity index (χ2v) is 26.1. The largest absolute Gasteiger partial charge is 0.142 e. The fourth-order valence-corrected chi connectivity index (χ4v) is 17.3. The van der Waals surface area contributed by atoms with Crippen molar-refractivity contribution in [2.24, 2.45) is 0 Å². The lowest BCUT2D eigenvalue weighted by atomic mass is 9.90. The molecular formula is C66H104S4. The van der Waals surface area contributed by atoms with Crippen LogP contribution in [0, 0.1) is 0 Å². The molecule has 0 nitrogen and oxygen atoms in total. The smallest absolute Gasteiger partial charge is 0.0546 e. The number of unbranched alkanes of at least 4 members (excludes halogenated alkanes) is 36. The van der Waals surface area contributed by atoms with Crippen molar-refractivity contribution in [1.29, 1.82) is 0 Å². The highest BCUT2D eigenvalue weighted by Gasteiger charge is 2.26. The van der Waals surface area contributed by atoms with E-state index < -0.39 is 0 Å². The lowest BCUT2D eigenvalue weighted by Gasteiger charge is -2.15. The topological polar surface area (TPSA) is 0 Å². The van der Waals surface area contributed by atoms with E-state index in [1.807, 2.05) is 22.7 Å². The quantitative estimate of drug-likeness (QED) is 0.0335. The van der Waals surface area contributed by atoms with Crippen LogP contribution in [-0.4, -0.2) is 0 Å². The van der Waals surface area contributed by atoms with E-state index in [9.17, 15) is 0 Å². The maximum Gasteiger partial charge on any atom is 0.0546 e. The van der Waals surface area contributed by atoms with Gasteiger partial charge in [0.1, 0.15) is 0 Å². The van der Waals surface area contributed by atoms with Crippen LogP contribution in [0.4, 0.5) is 0 Å². The molecule has 6 rings (SSSR count). The minimum absolute atomic E-state index is 1.26. The van der Waals surface area contributed by atoms with E-state index in [2.05, 4.69) is 73.3 Å². The standard InChI is InChI=1S/C66H104S4/c1-5-9-13-17-21-25-29-33-37-41-45-53-55(47-43-39-35-31-27-23-19-15-11-7-3)59-63(61-57(53)49-51-67-61)69-66-60-56(48-44-40-36-32-28-24-20-16-12-8-4)54(46-42-38-34-30-26-22-18-14-10-6-2)58-50-52-68-62(58)64(60)70-65(59)66/h49-52H,5-48H2,1-4H3. The number of fused-ring (bicyclic) bond motifs is 9. The first-order valence-corrected chi connectivity index (χ1v) is 34.3. The molecule has 6 aromatic rings. The van der Waals surface area contributed by atoms with Crippen LogP contribution in [0.3, 0.4) is 0 Å². The molecule has 0 atom stereocenters. The van der Waals surface area contributed by atoms with Crippen molar-refractivity contribution in [3.63, 3.8) is 0 Å². The molecule has 392 valence electrons. The number of hydrogen-bond acceptors (Lipinski definition) is 4. The highest BCUT2D eigenvalue weighted by molar-refractivity contribution is 7.39. The Hall–Kier alpha value is -1.46. The van der Waals surface area contributed by atoms with Gasteiger partial charge >= 0.3 is 0 Å². The molecule has 0 radical (unpaired) electrons. The molecule has 0 bridgehead atoms. The van der Waals surface area contributed by atoms with Crippen LogP contribution in [-0.2, 0) is 25.7 Å². The van der Waals surface area contributed by atoms with Crippen molar-refractivity contribution < 1.29 is 0 Å². The van der Waals surface area contributed by atoms with Gasteiger partial charge in [0, 0.05) is 10.8 Å². The normalized spacial score (nSPS) is 12.2. The van der Waals surface area contributed by atoms with Gasteiger partial charge in [-0.1, -0.05) is 259 Å². The second-order valence-electron chi connectivity index (χ2n) is 22.2. The molecule has 0 aliphatic heterocycles. The molecule has 4 heteroatoms. The lowest BCUT2D eigenvalue weighted by molar-refractivity contribution is 0.554. The number of aryl methyl sites for hydroxylation is 4. The zero-order chi connectivity index (χ0) is 48.9. The summed E-state index contributed by atoms with van der Waals surface area (Å²) in [4.78, 5) is 0. The van der Waals surface area contributed by atoms with Gasteiger partial charge in [0.15, 0.2) is 0 Å². The Morgan fingerprint density at radius 3 is 0.714 bits per heavy atom. The first-order chi connectivity index (χ1) is 34.7. The summed E-state index contributed by atoms with van der Waals surface area (Å²) in [6.07, 6.45) is 61.4. The Morgan fingerprint density at radius 2 is 0.457 bits per heavy atom. The van der Waals surface area contributed by atoms with E-state index in [4.69, 9.17) is 0 Å². The second kappa shape index (κ2) is 34.9. The molecule has 0 fully saturated rings. The molecule has 0 saturated carbocycles. The van der Waals surface area contributed by atoms with E-state index >= 15 is 0 Å². The maximum atomic E-state index is 2.54. The van der Waals surface area contributed by atoms with Gasteiger partial charge in [-0.2, -0.15) is 0 Å². The van der Waals surface area contributed by atoms with Gasteiger partial charge in [0.2, 0.25) is 0 Å². The molecule has 70 heavy (non-hydrogen) atoms. The van der Waals surface area contributed by atoms with Crippen LogP contribution in [0.5, 0.6) is 0 Å². The van der Waals surface area contributed by atoms with Crippen molar-refractivity contribution in [3.05, 3.63) is 45.1 Å². The van der Waals surface area contributed by atoms with Crippen molar-refractivity contribution in [2.75, 3.05) is 0 Å². The molecule has 0 aliphatic rings. The summed E-state index contributed by atoms with van der Waals surface area (Å²) >= 11 is 8.53. The van der Waals surface area contributed by atoms with Gasteiger partial charge in [-0.3, -0.25) is 0 Å². The van der Waals surface area contributed by atoms with Gasteiger partial charge < -0.3 is 0 Å². The van der Waals surface area contributed by atoms with Crippen LogP contribution < -0.4 is 0 Å². The molecule has 0 spiro atoms. The van der Waals surface area contributed by atoms with Gasteiger partial charge in [-0.05, 0) is 107 Å². The van der Waals surface area contributed by atoms with E-state index in [0.717, 1.165) is 0 Å². The third-order valence-corrected chi connectivity index (χ3v) is 21.1. The number of hydrogen-bond donors (Lipinski definition) is 0. The van der Waals surface area contributed by atoms with Gasteiger partial charge in [-0.25, -0.2) is 0 Å². The fraction of sp³-hybridized carbons (Fsp3) is 0.727. The van der Waals surface area contributed by atoms with Crippen molar-refractivity contribution in [2.45, 2.75) is 310 Å². The van der Waals surface area contributed by atoms with E-state index in [1.165, 1.54) is 283 Å². The lowest BCUT2D eigenvalue weighted by Crippen LogP contribution is -1.98. The molecule has 0 unspecified atom stereocenters. The highest BCUT2D eigenvalue weighted by Crippen LogP contribution is 2.54. The SMILES string of the molecule is CCCCCCCCCCCCc1c(CCCCCCCCCCCC)c2c(sc3c2sc2c4sccc4c(CCCCCCCCCCCC)c(CCCCCCCCCCCC)c23)c2sccc12. The van der Waals surface area contributed by atoms with Crippen molar-refractivity contribution in [3.8, 4) is 0 Å². The molecule has 0 saturated heterocycles. The fourth-order valence-electron chi connectivity index (χ4n) is 12.2. The predicted molar refractivity (Wildman–Crippen MR) is 328 cm³/mol. The van der Waals surface area contributed by atoms with Crippen LogP contribution in [0.1, 0.15) is 307 Å². The summed E-state index contributed by atoms with van der Waals surface area (Å²) in [5.74, 6) is 0. The number of thiophene rings is 4. The molecule has 4 aromatic heterocycles. The van der Waals surface area contributed by atoms with Gasteiger partial charge in [0.25, 0.3) is 0 Å². The molecule has 0 amide bonds. The minimum atomic E-state index is 1.26. The summed E-state index contributed by atoms with van der Waals surface area (Å²) in [6, 6.07) is 5.07. The molecule has 0 N–H and O–H groups in total. The van der Waals surface area contributed by atoms with Crippen LogP contribution in [0.15, 0.2) is 22.9 Å². The molecule has 2 aromatic carbocycles. The average molecular weight is 1030 g/mol.